The highest BCUT2D eigenvalue weighted by Gasteiger charge is 2.46. The molecule has 10 nitrogen and oxygen atoms in total. The second kappa shape index (κ2) is 11.0. The first-order valence-corrected chi connectivity index (χ1v) is 9.02. The Balaban J connectivity index is 1.96. The highest BCUT2D eigenvalue weighted by Crippen LogP contribution is 2.23. The summed E-state index contributed by atoms with van der Waals surface area (Å²) in [7, 11) is 0. The minimum atomic E-state index is -1.75. The van der Waals surface area contributed by atoms with Crippen molar-refractivity contribution in [1.82, 2.24) is 0 Å². The first-order chi connectivity index (χ1) is 14.2. The Hall–Kier alpha value is -2.60. The molecule has 1 aromatic rings. The van der Waals surface area contributed by atoms with Gasteiger partial charge in [0.05, 0.1) is 12.2 Å². The van der Waals surface area contributed by atoms with Gasteiger partial charge in [0.1, 0.15) is 37.1 Å². The Morgan fingerprint density at radius 2 is 1.80 bits per heavy atom. The molecule has 1 heterocycles. The Morgan fingerprint density at radius 3 is 2.43 bits per heavy atom. The summed E-state index contributed by atoms with van der Waals surface area (Å²) < 4.78 is 15.1. The van der Waals surface area contributed by atoms with Gasteiger partial charge in [0.2, 0.25) is 6.29 Å². The molecule has 6 atom stereocenters. The van der Waals surface area contributed by atoms with Gasteiger partial charge in [-0.2, -0.15) is 0 Å². The van der Waals surface area contributed by atoms with Gasteiger partial charge in [-0.15, -0.1) is 0 Å². The van der Waals surface area contributed by atoms with E-state index < -0.39 is 67.5 Å². The van der Waals surface area contributed by atoms with Gasteiger partial charge in [-0.1, -0.05) is 36.9 Å². The Labute approximate surface area is 172 Å². The van der Waals surface area contributed by atoms with Crippen molar-refractivity contribution in [3.8, 4) is 0 Å². The molecule has 1 aliphatic rings. The lowest BCUT2D eigenvalue weighted by Gasteiger charge is -2.39. The van der Waals surface area contributed by atoms with E-state index in [0.29, 0.717) is 0 Å². The standard InChI is InChI=1S/C20H24O10/c1-11(13(22)9-21)19(27)28-10-14-16(24)17(25)18(26)20(29-14)30-15(23)8-7-12-5-3-2-4-6-12/h2-8,13-14,16-18,20-22,24-26H,1,9-10H2/b8-7-/t13-,14+,16+,17-,18+,20-/m0/s1. The number of carbonyl (C=O) groups is 2. The van der Waals surface area contributed by atoms with Gasteiger partial charge in [-0.25, -0.2) is 9.59 Å². The predicted octanol–water partition coefficient (Wildman–Crippen LogP) is -1.50. The second-order valence-corrected chi connectivity index (χ2v) is 6.52. The molecule has 0 radical (unpaired) electrons. The Kier molecular flexibility index (Phi) is 8.66. The van der Waals surface area contributed by atoms with E-state index in [9.17, 15) is 30.0 Å². The van der Waals surface area contributed by atoms with Crippen molar-refractivity contribution < 1.29 is 49.3 Å². The van der Waals surface area contributed by atoms with Crippen LogP contribution in [0.4, 0.5) is 0 Å². The minimum absolute atomic E-state index is 0.419. The number of rotatable bonds is 8. The number of esters is 2. The molecule has 1 aromatic carbocycles. The van der Waals surface area contributed by atoms with Crippen molar-refractivity contribution in [1.29, 1.82) is 0 Å². The number of hydrogen-bond acceptors (Lipinski definition) is 10. The van der Waals surface area contributed by atoms with Crippen LogP contribution >= 0.6 is 0 Å². The normalized spacial score (nSPS) is 27.4. The molecule has 0 bridgehead atoms. The fourth-order valence-corrected chi connectivity index (χ4v) is 2.53. The van der Waals surface area contributed by atoms with Crippen molar-refractivity contribution in [3.63, 3.8) is 0 Å². The van der Waals surface area contributed by atoms with Gasteiger partial charge in [0.15, 0.2) is 0 Å². The van der Waals surface area contributed by atoms with E-state index in [1.807, 2.05) is 0 Å². The fourth-order valence-electron chi connectivity index (χ4n) is 2.53. The summed E-state index contributed by atoms with van der Waals surface area (Å²) in [4.78, 5) is 23.8. The molecule has 0 saturated carbocycles. The van der Waals surface area contributed by atoms with Crippen LogP contribution in [0.3, 0.4) is 0 Å². The van der Waals surface area contributed by atoms with Crippen LogP contribution in [0.25, 0.3) is 6.08 Å². The van der Waals surface area contributed by atoms with E-state index in [2.05, 4.69) is 6.58 Å². The third kappa shape index (κ3) is 6.20. The zero-order valence-corrected chi connectivity index (χ0v) is 15.9. The molecule has 0 unspecified atom stereocenters. The topological polar surface area (TPSA) is 163 Å². The Bertz CT molecular complexity index is 762. The van der Waals surface area contributed by atoms with Crippen LogP contribution in [-0.2, 0) is 23.8 Å². The summed E-state index contributed by atoms with van der Waals surface area (Å²) in [6, 6.07) is 8.86. The summed E-state index contributed by atoms with van der Waals surface area (Å²) in [5.74, 6) is -1.94. The fraction of sp³-hybridized carbons (Fsp3) is 0.400. The minimum Gasteiger partial charge on any atom is -0.459 e. The SMILES string of the molecule is C=C(C(=O)OC[C@H]1O[C@@H](OC(=O)/C=C\c2ccccc2)[C@H](O)[C@@H](O)[C@@H]1O)[C@@H](O)CO. The first-order valence-electron chi connectivity index (χ1n) is 9.02. The summed E-state index contributed by atoms with van der Waals surface area (Å²) in [6.07, 6.45) is -7.07. The van der Waals surface area contributed by atoms with E-state index in [-0.39, 0.29) is 0 Å². The maximum Gasteiger partial charge on any atom is 0.336 e. The van der Waals surface area contributed by atoms with Crippen LogP contribution in [0.5, 0.6) is 0 Å². The van der Waals surface area contributed by atoms with Gasteiger partial charge >= 0.3 is 11.9 Å². The molecular weight excluding hydrogens is 400 g/mol. The van der Waals surface area contributed by atoms with E-state index in [4.69, 9.17) is 19.3 Å². The number of aliphatic hydroxyl groups is 5. The first kappa shape index (κ1) is 23.7. The average molecular weight is 424 g/mol. The van der Waals surface area contributed by atoms with Gasteiger partial charge in [-0.3, -0.25) is 0 Å². The molecule has 1 aliphatic heterocycles. The summed E-state index contributed by atoms with van der Waals surface area (Å²) in [5.41, 5.74) is 0.308. The number of ether oxygens (including phenoxy) is 3. The predicted molar refractivity (Wildman–Crippen MR) is 101 cm³/mol. The van der Waals surface area contributed by atoms with Gasteiger partial charge in [0.25, 0.3) is 0 Å². The molecule has 1 saturated heterocycles. The monoisotopic (exact) mass is 424 g/mol. The quantitative estimate of drug-likeness (QED) is 0.245. The summed E-state index contributed by atoms with van der Waals surface area (Å²) in [6.45, 7) is 1.94. The molecular formula is C20H24O10. The van der Waals surface area contributed by atoms with Crippen LogP contribution < -0.4 is 0 Å². The van der Waals surface area contributed by atoms with Crippen LogP contribution in [0, 0.1) is 0 Å². The smallest absolute Gasteiger partial charge is 0.336 e. The Morgan fingerprint density at radius 1 is 1.13 bits per heavy atom. The third-order valence-corrected chi connectivity index (χ3v) is 4.33. The van der Waals surface area contributed by atoms with Gasteiger partial charge in [0, 0.05) is 6.08 Å². The highest BCUT2D eigenvalue weighted by molar-refractivity contribution is 5.88. The molecule has 0 spiro atoms. The van der Waals surface area contributed by atoms with Crippen molar-refractivity contribution in [3.05, 3.63) is 54.1 Å². The molecule has 0 aliphatic carbocycles. The summed E-state index contributed by atoms with van der Waals surface area (Å²) in [5, 5.41) is 48.2. The summed E-state index contributed by atoms with van der Waals surface area (Å²) >= 11 is 0. The van der Waals surface area contributed by atoms with Crippen LogP contribution in [-0.4, -0.2) is 87.5 Å². The van der Waals surface area contributed by atoms with Crippen LogP contribution in [0.1, 0.15) is 5.56 Å². The lowest BCUT2D eigenvalue weighted by molar-refractivity contribution is -0.291. The van der Waals surface area contributed by atoms with Crippen molar-refractivity contribution >= 4 is 18.0 Å². The lowest BCUT2D eigenvalue weighted by Crippen LogP contribution is -2.59. The molecule has 0 amide bonds. The maximum absolute atomic E-state index is 12.0. The third-order valence-electron chi connectivity index (χ3n) is 4.33. The molecule has 5 N–H and O–H groups in total. The van der Waals surface area contributed by atoms with Crippen molar-refractivity contribution in [2.45, 2.75) is 36.8 Å². The lowest BCUT2D eigenvalue weighted by atomic mass is 9.99. The number of carbonyl (C=O) groups excluding carboxylic acids is 2. The van der Waals surface area contributed by atoms with Crippen LogP contribution in [0.15, 0.2) is 48.6 Å². The largest absolute Gasteiger partial charge is 0.459 e. The van der Waals surface area contributed by atoms with E-state index >= 15 is 0 Å². The van der Waals surface area contributed by atoms with Crippen molar-refractivity contribution in [2.24, 2.45) is 0 Å². The van der Waals surface area contributed by atoms with Crippen molar-refractivity contribution in [2.75, 3.05) is 13.2 Å². The number of aliphatic hydroxyl groups excluding tert-OH is 5. The second-order valence-electron chi connectivity index (χ2n) is 6.52. The molecule has 164 valence electrons. The van der Waals surface area contributed by atoms with E-state index in [1.54, 1.807) is 30.3 Å². The van der Waals surface area contributed by atoms with E-state index in [1.165, 1.54) is 6.08 Å². The van der Waals surface area contributed by atoms with Gasteiger partial charge in [-0.05, 0) is 11.6 Å². The number of hydrogen-bond donors (Lipinski definition) is 5. The zero-order chi connectivity index (χ0) is 22.3. The molecule has 1 fully saturated rings. The zero-order valence-electron chi connectivity index (χ0n) is 15.9. The van der Waals surface area contributed by atoms with Crippen LogP contribution in [0.2, 0.25) is 0 Å². The average Bonchev–Trinajstić information content (AvgIpc) is 2.76. The number of benzene rings is 1. The van der Waals surface area contributed by atoms with E-state index in [0.717, 1.165) is 11.6 Å². The maximum atomic E-state index is 12.0. The molecule has 30 heavy (non-hydrogen) atoms. The molecule has 2 rings (SSSR count). The molecule has 0 aromatic heterocycles. The molecule has 10 heteroatoms. The highest BCUT2D eigenvalue weighted by atomic mass is 16.7. The van der Waals surface area contributed by atoms with Gasteiger partial charge < -0.3 is 39.7 Å².